The molecule has 18 heavy (non-hydrogen) atoms. The third-order valence-corrected chi connectivity index (χ3v) is 2.81. The van der Waals surface area contributed by atoms with Crippen LogP contribution in [-0.2, 0) is 6.54 Å². The highest BCUT2D eigenvalue weighted by Gasteiger charge is 2.04. The van der Waals surface area contributed by atoms with Gasteiger partial charge >= 0.3 is 0 Å². The summed E-state index contributed by atoms with van der Waals surface area (Å²) >= 11 is 0. The van der Waals surface area contributed by atoms with Crippen LogP contribution in [0, 0.1) is 18.3 Å². The molecule has 0 aliphatic rings. The van der Waals surface area contributed by atoms with E-state index >= 15 is 0 Å². The topological polar surface area (TPSA) is 39.9 Å². The highest BCUT2D eigenvalue weighted by molar-refractivity contribution is 5.44. The van der Waals surface area contributed by atoms with Gasteiger partial charge in [0.15, 0.2) is 0 Å². The Morgan fingerprint density at radius 3 is 2.61 bits per heavy atom. The van der Waals surface area contributed by atoms with Gasteiger partial charge in [0.25, 0.3) is 0 Å². The molecular weight excluding hydrogens is 222 g/mol. The molecule has 1 aromatic heterocycles. The van der Waals surface area contributed by atoms with E-state index in [0.29, 0.717) is 5.56 Å². The fraction of sp³-hybridized carbons (Fsp3) is 0.200. The third-order valence-electron chi connectivity index (χ3n) is 2.81. The summed E-state index contributed by atoms with van der Waals surface area (Å²) in [7, 11) is 1.98. The predicted molar refractivity (Wildman–Crippen MR) is 72.2 cm³/mol. The number of nitriles is 1. The number of anilines is 1. The Balaban J connectivity index is 2.14. The smallest absolute Gasteiger partial charge is 0.129 e. The van der Waals surface area contributed by atoms with Gasteiger partial charge in [0.1, 0.15) is 5.82 Å². The van der Waals surface area contributed by atoms with E-state index < -0.39 is 0 Å². The van der Waals surface area contributed by atoms with Crippen molar-refractivity contribution in [1.82, 2.24) is 4.98 Å². The molecule has 0 saturated heterocycles. The van der Waals surface area contributed by atoms with Gasteiger partial charge in [0.2, 0.25) is 0 Å². The molecular formula is C15H15N3. The van der Waals surface area contributed by atoms with E-state index in [-0.39, 0.29) is 0 Å². The highest BCUT2D eigenvalue weighted by atomic mass is 15.2. The SMILES string of the molecule is Cc1ccc(CN(C)c2cc(C#N)ccn2)cc1. The molecule has 0 saturated carbocycles. The van der Waals surface area contributed by atoms with Crippen LogP contribution < -0.4 is 4.90 Å². The fourth-order valence-corrected chi connectivity index (χ4v) is 1.75. The van der Waals surface area contributed by atoms with Crippen molar-refractivity contribution in [3.05, 3.63) is 59.3 Å². The Hall–Kier alpha value is -2.34. The largest absolute Gasteiger partial charge is 0.355 e. The minimum Gasteiger partial charge on any atom is -0.355 e. The van der Waals surface area contributed by atoms with Crippen molar-refractivity contribution in [2.45, 2.75) is 13.5 Å². The summed E-state index contributed by atoms with van der Waals surface area (Å²) in [5.74, 6) is 0.814. The second kappa shape index (κ2) is 5.33. The molecule has 0 fully saturated rings. The van der Waals surface area contributed by atoms with E-state index in [9.17, 15) is 0 Å². The van der Waals surface area contributed by atoms with E-state index in [0.717, 1.165) is 12.4 Å². The lowest BCUT2D eigenvalue weighted by molar-refractivity contribution is 0.897. The normalized spacial score (nSPS) is 9.83. The maximum atomic E-state index is 8.87. The number of aromatic nitrogens is 1. The second-order valence-electron chi connectivity index (χ2n) is 4.36. The number of pyridine rings is 1. The van der Waals surface area contributed by atoms with Gasteiger partial charge in [-0.2, -0.15) is 5.26 Å². The molecule has 2 aromatic rings. The standard InChI is InChI=1S/C15H15N3/c1-12-3-5-13(6-4-12)11-18(2)15-9-14(10-16)7-8-17-15/h3-9H,11H2,1-2H3. The number of hydrogen-bond acceptors (Lipinski definition) is 3. The lowest BCUT2D eigenvalue weighted by atomic mass is 10.1. The summed E-state index contributed by atoms with van der Waals surface area (Å²) < 4.78 is 0. The summed E-state index contributed by atoms with van der Waals surface area (Å²) in [6.07, 6.45) is 1.67. The van der Waals surface area contributed by atoms with Crippen LogP contribution in [0.25, 0.3) is 0 Å². The van der Waals surface area contributed by atoms with Crippen LogP contribution >= 0.6 is 0 Å². The Bertz CT molecular complexity index is 567. The summed E-state index contributed by atoms with van der Waals surface area (Å²) in [6.45, 7) is 2.85. The van der Waals surface area contributed by atoms with E-state index in [2.05, 4.69) is 42.2 Å². The number of hydrogen-bond donors (Lipinski definition) is 0. The summed E-state index contributed by atoms with van der Waals surface area (Å²) in [6, 6.07) is 14.1. The highest BCUT2D eigenvalue weighted by Crippen LogP contribution is 2.14. The molecule has 0 amide bonds. The summed E-state index contributed by atoms with van der Waals surface area (Å²) in [5, 5.41) is 8.87. The molecule has 0 atom stereocenters. The van der Waals surface area contributed by atoms with Crippen LogP contribution in [0.4, 0.5) is 5.82 Å². The molecule has 0 bridgehead atoms. The molecule has 2 rings (SSSR count). The molecule has 0 spiro atoms. The van der Waals surface area contributed by atoms with Gasteiger partial charge in [-0.25, -0.2) is 4.98 Å². The van der Waals surface area contributed by atoms with Gasteiger partial charge in [-0.15, -0.1) is 0 Å². The maximum absolute atomic E-state index is 8.87. The molecule has 90 valence electrons. The first-order valence-electron chi connectivity index (χ1n) is 5.82. The first-order chi connectivity index (χ1) is 8.69. The van der Waals surface area contributed by atoms with E-state index in [4.69, 9.17) is 5.26 Å². The first-order valence-corrected chi connectivity index (χ1v) is 5.82. The molecule has 1 aromatic carbocycles. The van der Waals surface area contributed by atoms with E-state index in [1.54, 1.807) is 18.3 Å². The lowest BCUT2D eigenvalue weighted by Gasteiger charge is -2.18. The summed E-state index contributed by atoms with van der Waals surface area (Å²) in [5.41, 5.74) is 3.12. The molecule has 0 radical (unpaired) electrons. The predicted octanol–water partition coefficient (Wildman–Crippen LogP) is 2.90. The van der Waals surface area contributed by atoms with Crippen molar-refractivity contribution in [2.75, 3.05) is 11.9 Å². The van der Waals surface area contributed by atoms with Crippen LogP contribution in [0.3, 0.4) is 0 Å². The van der Waals surface area contributed by atoms with Gasteiger partial charge < -0.3 is 4.90 Å². The molecule has 0 aliphatic heterocycles. The van der Waals surface area contributed by atoms with Gasteiger partial charge in [0, 0.05) is 19.8 Å². The zero-order valence-electron chi connectivity index (χ0n) is 10.6. The zero-order chi connectivity index (χ0) is 13.0. The molecule has 0 N–H and O–H groups in total. The van der Waals surface area contributed by atoms with Crippen LogP contribution in [-0.4, -0.2) is 12.0 Å². The van der Waals surface area contributed by atoms with Crippen molar-refractivity contribution >= 4 is 5.82 Å². The van der Waals surface area contributed by atoms with Crippen molar-refractivity contribution in [3.8, 4) is 6.07 Å². The zero-order valence-corrected chi connectivity index (χ0v) is 10.6. The Morgan fingerprint density at radius 1 is 1.22 bits per heavy atom. The minimum absolute atomic E-state index is 0.635. The van der Waals surface area contributed by atoms with Crippen molar-refractivity contribution in [3.63, 3.8) is 0 Å². The molecule has 3 nitrogen and oxygen atoms in total. The minimum atomic E-state index is 0.635. The summed E-state index contributed by atoms with van der Waals surface area (Å²) in [4.78, 5) is 6.31. The first kappa shape index (κ1) is 12.1. The molecule has 0 unspecified atom stereocenters. The average molecular weight is 237 g/mol. The third kappa shape index (κ3) is 2.86. The van der Waals surface area contributed by atoms with E-state index in [1.807, 2.05) is 11.9 Å². The number of nitrogens with zero attached hydrogens (tertiary/aromatic N) is 3. The van der Waals surface area contributed by atoms with E-state index in [1.165, 1.54) is 11.1 Å². The molecule has 3 heteroatoms. The number of benzene rings is 1. The van der Waals surface area contributed by atoms with Crippen molar-refractivity contribution in [1.29, 1.82) is 5.26 Å². The monoisotopic (exact) mass is 237 g/mol. The quantitative estimate of drug-likeness (QED) is 0.824. The maximum Gasteiger partial charge on any atom is 0.129 e. The second-order valence-corrected chi connectivity index (χ2v) is 4.36. The van der Waals surface area contributed by atoms with Crippen LogP contribution in [0.5, 0.6) is 0 Å². The Kier molecular flexibility index (Phi) is 3.59. The Morgan fingerprint density at radius 2 is 1.94 bits per heavy atom. The number of rotatable bonds is 3. The molecule has 0 aliphatic carbocycles. The van der Waals surface area contributed by atoms with Gasteiger partial charge in [-0.05, 0) is 24.6 Å². The Labute approximate surface area is 107 Å². The van der Waals surface area contributed by atoms with Crippen LogP contribution in [0.2, 0.25) is 0 Å². The van der Waals surface area contributed by atoms with Gasteiger partial charge in [-0.3, -0.25) is 0 Å². The lowest BCUT2D eigenvalue weighted by Crippen LogP contribution is -2.17. The van der Waals surface area contributed by atoms with Crippen molar-refractivity contribution < 1.29 is 0 Å². The fourth-order valence-electron chi connectivity index (χ4n) is 1.75. The average Bonchev–Trinajstić information content (AvgIpc) is 2.41. The number of aryl methyl sites for hydroxylation is 1. The van der Waals surface area contributed by atoms with Crippen LogP contribution in [0.15, 0.2) is 42.6 Å². The van der Waals surface area contributed by atoms with Crippen LogP contribution in [0.1, 0.15) is 16.7 Å². The van der Waals surface area contributed by atoms with Crippen molar-refractivity contribution in [2.24, 2.45) is 0 Å². The van der Waals surface area contributed by atoms with Gasteiger partial charge in [0.05, 0.1) is 11.6 Å². The molecule has 1 heterocycles. The van der Waals surface area contributed by atoms with Gasteiger partial charge in [-0.1, -0.05) is 29.8 Å².